The van der Waals surface area contributed by atoms with Crippen molar-refractivity contribution in [2.75, 3.05) is 26.2 Å². The molecule has 1 fully saturated rings. The lowest BCUT2D eigenvalue weighted by Gasteiger charge is -2.33. The van der Waals surface area contributed by atoms with Gasteiger partial charge in [0.2, 0.25) is 0 Å². The lowest BCUT2D eigenvalue weighted by molar-refractivity contribution is 0.113. The molecule has 4 rings (SSSR count). The standard InChI is InChI=1S/C19H23N5O/c1-16-11-19(25-21-16)15-23-9-7-22(8-10-23)13-17-12-20-24(14-17)18-5-3-2-4-6-18/h2-6,11-12,14H,7-10,13,15H2,1H3. The Morgan fingerprint density at radius 1 is 1.00 bits per heavy atom. The summed E-state index contributed by atoms with van der Waals surface area (Å²) >= 11 is 0. The highest BCUT2D eigenvalue weighted by Crippen LogP contribution is 2.13. The third-order valence-electron chi connectivity index (χ3n) is 4.58. The number of nitrogens with zero attached hydrogens (tertiary/aromatic N) is 5. The number of hydrogen-bond donors (Lipinski definition) is 0. The van der Waals surface area contributed by atoms with Crippen molar-refractivity contribution >= 4 is 0 Å². The summed E-state index contributed by atoms with van der Waals surface area (Å²) in [5, 5.41) is 8.44. The van der Waals surface area contributed by atoms with Gasteiger partial charge in [-0.3, -0.25) is 9.80 Å². The summed E-state index contributed by atoms with van der Waals surface area (Å²) in [6, 6.07) is 12.2. The topological polar surface area (TPSA) is 50.3 Å². The van der Waals surface area contributed by atoms with E-state index in [0.29, 0.717) is 0 Å². The van der Waals surface area contributed by atoms with Crippen molar-refractivity contribution in [3.63, 3.8) is 0 Å². The van der Waals surface area contributed by atoms with Gasteiger partial charge in [0, 0.05) is 50.6 Å². The zero-order valence-corrected chi connectivity index (χ0v) is 14.5. The van der Waals surface area contributed by atoms with E-state index < -0.39 is 0 Å². The molecule has 3 heterocycles. The smallest absolute Gasteiger partial charge is 0.150 e. The second-order valence-corrected chi connectivity index (χ2v) is 6.62. The van der Waals surface area contributed by atoms with Gasteiger partial charge in [0.05, 0.1) is 24.1 Å². The van der Waals surface area contributed by atoms with E-state index in [9.17, 15) is 0 Å². The summed E-state index contributed by atoms with van der Waals surface area (Å²) in [7, 11) is 0. The first-order valence-electron chi connectivity index (χ1n) is 8.72. The Bertz CT molecular complexity index is 802. The molecule has 0 radical (unpaired) electrons. The molecule has 0 bridgehead atoms. The molecule has 25 heavy (non-hydrogen) atoms. The van der Waals surface area contributed by atoms with Gasteiger partial charge < -0.3 is 4.52 Å². The molecule has 6 nitrogen and oxygen atoms in total. The first-order chi connectivity index (χ1) is 12.3. The van der Waals surface area contributed by atoms with Crippen LogP contribution in [-0.4, -0.2) is 50.9 Å². The molecule has 0 amide bonds. The van der Waals surface area contributed by atoms with Gasteiger partial charge in [-0.1, -0.05) is 23.4 Å². The van der Waals surface area contributed by atoms with E-state index in [1.165, 1.54) is 5.56 Å². The first kappa shape index (κ1) is 16.1. The van der Waals surface area contributed by atoms with Crippen LogP contribution in [0.25, 0.3) is 5.69 Å². The fourth-order valence-corrected chi connectivity index (χ4v) is 3.24. The van der Waals surface area contributed by atoms with E-state index in [-0.39, 0.29) is 0 Å². The monoisotopic (exact) mass is 337 g/mol. The van der Waals surface area contributed by atoms with Crippen molar-refractivity contribution in [2.24, 2.45) is 0 Å². The third-order valence-corrected chi connectivity index (χ3v) is 4.58. The fraction of sp³-hybridized carbons (Fsp3) is 0.368. The summed E-state index contributed by atoms with van der Waals surface area (Å²) in [5.74, 6) is 0.954. The van der Waals surface area contributed by atoms with Crippen LogP contribution < -0.4 is 0 Å². The molecule has 0 unspecified atom stereocenters. The predicted octanol–water partition coefficient (Wildman–Crippen LogP) is 2.49. The average Bonchev–Trinajstić information content (AvgIpc) is 3.27. The van der Waals surface area contributed by atoms with E-state index in [0.717, 1.165) is 56.4 Å². The molecule has 1 aromatic carbocycles. The number of aryl methyl sites for hydroxylation is 1. The Balaban J connectivity index is 1.29. The quantitative estimate of drug-likeness (QED) is 0.716. The van der Waals surface area contributed by atoms with Crippen LogP contribution in [0, 0.1) is 6.92 Å². The minimum absolute atomic E-state index is 0.848. The first-order valence-corrected chi connectivity index (χ1v) is 8.72. The number of benzene rings is 1. The van der Waals surface area contributed by atoms with Gasteiger partial charge in [0.15, 0.2) is 5.76 Å². The molecule has 1 aliphatic rings. The normalized spacial score (nSPS) is 16.4. The summed E-state index contributed by atoms with van der Waals surface area (Å²) in [6.07, 6.45) is 4.09. The van der Waals surface area contributed by atoms with E-state index in [1.54, 1.807) is 0 Å². The maximum absolute atomic E-state index is 5.32. The number of aromatic nitrogens is 3. The van der Waals surface area contributed by atoms with Crippen LogP contribution in [0.2, 0.25) is 0 Å². The lowest BCUT2D eigenvalue weighted by atomic mass is 10.2. The molecule has 0 saturated carbocycles. The summed E-state index contributed by atoms with van der Waals surface area (Å²) in [6.45, 7) is 7.97. The summed E-state index contributed by atoms with van der Waals surface area (Å²) < 4.78 is 7.26. The molecule has 0 aliphatic carbocycles. The van der Waals surface area contributed by atoms with Crippen LogP contribution in [0.5, 0.6) is 0 Å². The molecule has 0 N–H and O–H groups in total. The maximum atomic E-state index is 5.32. The van der Waals surface area contributed by atoms with Crippen molar-refractivity contribution in [3.05, 3.63) is 65.8 Å². The molecule has 1 aliphatic heterocycles. The van der Waals surface area contributed by atoms with Crippen molar-refractivity contribution in [1.29, 1.82) is 0 Å². The number of rotatable bonds is 5. The van der Waals surface area contributed by atoms with Crippen LogP contribution >= 0.6 is 0 Å². The van der Waals surface area contributed by atoms with Gasteiger partial charge in [-0.2, -0.15) is 5.10 Å². The van der Waals surface area contributed by atoms with E-state index in [4.69, 9.17) is 4.52 Å². The second kappa shape index (κ2) is 7.21. The van der Waals surface area contributed by atoms with Crippen molar-refractivity contribution in [2.45, 2.75) is 20.0 Å². The zero-order chi connectivity index (χ0) is 17.1. The summed E-state index contributed by atoms with van der Waals surface area (Å²) in [4.78, 5) is 4.90. The largest absolute Gasteiger partial charge is 0.360 e. The highest BCUT2D eigenvalue weighted by molar-refractivity contribution is 5.30. The Hall–Kier alpha value is -2.44. The van der Waals surface area contributed by atoms with Gasteiger partial charge >= 0.3 is 0 Å². The van der Waals surface area contributed by atoms with Crippen LogP contribution in [0.3, 0.4) is 0 Å². The molecule has 0 atom stereocenters. The minimum atomic E-state index is 0.848. The molecule has 3 aromatic rings. The van der Waals surface area contributed by atoms with Gasteiger partial charge in [-0.25, -0.2) is 4.68 Å². The highest BCUT2D eigenvalue weighted by atomic mass is 16.5. The van der Waals surface area contributed by atoms with Crippen molar-refractivity contribution in [1.82, 2.24) is 24.7 Å². The van der Waals surface area contributed by atoms with E-state index in [2.05, 4.69) is 38.4 Å². The average molecular weight is 337 g/mol. The van der Waals surface area contributed by atoms with Gasteiger partial charge in [-0.15, -0.1) is 0 Å². The Morgan fingerprint density at radius 3 is 2.40 bits per heavy atom. The van der Waals surface area contributed by atoms with Crippen LogP contribution in [0.4, 0.5) is 0 Å². The van der Waals surface area contributed by atoms with E-state index >= 15 is 0 Å². The Labute approximate surface area is 147 Å². The third kappa shape index (κ3) is 3.97. The molecule has 6 heteroatoms. The van der Waals surface area contributed by atoms with Crippen LogP contribution in [-0.2, 0) is 13.1 Å². The molecular formula is C19H23N5O. The van der Waals surface area contributed by atoms with Crippen LogP contribution in [0.15, 0.2) is 53.3 Å². The number of hydrogen-bond acceptors (Lipinski definition) is 5. The Kier molecular flexibility index (Phi) is 4.63. The second-order valence-electron chi connectivity index (χ2n) is 6.62. The van der Waals surface area contributed by atoms with Gasteiger partial charge in [-0.05, 0) is 19.1 Å². The number of piperazine rings is 1. The number of para-hydroxylation sites is 1. The van der Waals surface area contributed by atoms with E-state index in [1.807, 2.05) is 42.1 Å². The zero-order valence-electron chi connectivity index (χ0n) is 14.5. The van der Waals surface area contributed by atoms with Crippen molar-refractivity contribution < 1.29 is 4.52 Å². The lowest BCUT2D eigenvalue weighted by Crippen LogP contribution is -2.45. The van der Waals surface area contributed by atoms with Gasteiger partial charge in [0.1, 0.15) is 0 Å². The molecule has 0 spiro atoms. The van der Waals surface area contributed by atoms with Gasteiger partial charge in [0.25, 0.3) is 0 Å². The molecule has 2 aromatic heterocycles. The van der Waals surface area contributed by atoms with Crippen LogP contribution in [0.1, 0.15) is 17.0 Å². The minimum Gasteiger partial charge on any atom is -0.360 e. The molecule has 130 valence electrons. The fourth-order valence-electron chi connectivity index (χ4n) is 3.24. The molecule has 1 saturated heterocycles. The summed E-state index contributed by atoms with van der Waals surface area (Å²) in [5.41, 5.74) is 3.30. The molecular weight excluding hydrogens is 314 g/mol. The highest BCUT2D eigenvalue weighted by Gasteiger charge is 2.19. The SMILES string of the molecule is Cc1cc(CN2CCN(Cc3cnn(-c4ccccc4)c3)CC2)on1. The maximum Gasteiger partial charge on any atom is 0.150 e. The Morgan fingerprint density at radius 2 is 1.72 bits per heavy atom. The van der Waals surface area contributed by atoms with Crippen molar-refractivity contribution in [3.8, 4) is 5.69 Å². The predicted molar refractivity (Wildman–Crippen MR) is 95.4 cm³/mol.